The molecule has 1 fully saturated rings. The van der Waals surface area contributed by atoms with Crippen LogP contribution in [0.2, 0.25) is 0 Å². The first-order valence-electron chi connectivity index (χ1n) is 11.0. The second-order valence-corrected chi connectivity index (χ2v) is 10.3. The summed E-state index contributed by atoms with van der Waals surface area (Å²) in [6.45, 7) is 1.68. The highest BCUT2D eigenvalue weighted by atomic mass is 32.2. The van der Waals surface area contributed by atoms with E-state index in [1.54, 1.807) is 34.0 Å². The van der Waals surface area contributed by atoms with Crippen LogP contribution in [0.4, 0.5) is 0 Å². The van der Waals surface area contributed by atoms with Gasteiger partial charge in [-0.05, 0) is 30.3 Å². The molecule has 4 rings (SSSR count). The molecule has 1 aliphatic heterocycles. The number of nitrogens with zero attached hydrogens (tertiary/aromatic N) is 5. The van der Waals surface area contributed by atoms with E-state index in [2.05, 4.69) is 5.10 Å². The molecule has 1 aliphatic rings. The van der Waals surface area contributed by atoms with Crippen LogP contribution in [0.1, 0.15) is 5.56 Å². The number of carbonyl (C=O) groups excluding carboxylic acids is 1. The summed E-state index contributed by atoms with van der Waals surface area (Å²) in [5.74, 6) is -0.377. The van der Waals surface area contributed by atoms with Gasteiger partial charge in [0.25, 0.3) is 5.91 Å². The average Bonchev–Trinajstić information content (AvgIpc) is 3.32. The number of sulfonamides is 1. The van der Waals surface area contributed by atoms with E-state index >= 15 is 0 Å². The molecular formula is C25H25N5O4S. The lowest BCUT2D eigenvalue weighted by molar-refractivity contribution is -0.130. The number of carbonyl (C=O) groups is 1. The fourth-order valence-corrected chi connectivity index (χ4v) is 4.63. The van der Waals surface area contributed by atoms with E-state index in [9.17, 15) is 18.5 Å². The van der Waals surface area contributed by atoms with Crippen molar-refractivity contribution in [2.24, 2.45) is 0 Å². The summed E-state index contributed by atoms with van der Waals surface area (Å²) in [4.78, 5) is 14.7. The molecule has 180 valence electrons. The van der Waals surface area contributed by atoms with Crippen molar-refractivity contribution in [3.63, 3.8) is 0 Å². The number of benzene rings is 2. The van der Waals surface area contributed by atoms with Crippen LogP contribution in [0.15, 0.2) is 71.3 Å². The second-order valence-electron chi connectivity index (χ2n) is 8.10. The lowest BCUT2D eigenvalue weighted by atomic mass is 10.1. The molecule has 3 aromatic rings. The molecule has 1 aromatic heterocycles. The third-order valence-corrected chi connectivity index (χ3v) is 7.41. The minimum Gasteiger partial charge on any atom is -0.378 e. The molecule has 9 nitrogen and oxygen atoms in total. The Morgan fingerprint density at radius 1 is 1.11 bits per heavy atom. The van der Waals surface area contributed by atoms with Crippen LogP contribution in [0.5, 0.6) is 0 Å². The Balaban J connectivity index is 1.83. The Morgan fingerprint density at radius 3 is 2.49 bits per heavy atom. The first-order chi connectivity index (χ1) is 16.8. The molecule has 0 aliphatic carbocycles. The van der Waals surface area contributed by atoms with Gasteiger partial charge < -0.3 is 9.64 Å². The van der Waals surface area contributed by atoms with Gasteiger partial charge in [0.15, 0.2) is 0 Å². The number of amides is 1. The zero-order valence-electron chi connectivity index (χ0n) is 19.5. The van der Waals surface area contributed by atoms with Crippen LogP contribution in [-0.4, -0.2) is 73.7 Å². The smallest absolute Gasteiger partial charge is 0.264 e. The summed E-state index contributed by atoms with van der Waals surface area (Å²) in [5.41, 5.74) is 2.27. The van der Waals surface area contributed by atoms with Crippen LogP contribution < -0.4 is 0 Å². The quantitative estimate of drug-likeness (QED) is 0.387. The predicted molar refractivity (Wildman–Crippen MR) is 131 cm³/mol. The highest BCUT2D eigenvalue weighted by Crippen LogP contribution is 2.28. The molecule has 0 N–H and O–H groups in total. The number of hydrogen-bond acceptors (Lipinski definition) is 6. The molecule has 0 spiro atoms. The predicted octanol–water partition coefficient (Wildman–Crippen LogP) is 2.56. The number of para-hydroxylation sites is 1. The summed E-state index contributed by atoms with van der Waals surface area (Å²) < 4.78 is 33.5. The van der Waals surface area contributed by atoms with E-state index in [1.807, 2.05) is 36.4 Å². The SMILES string of the molecule is CN(C)S(=O)(=O)c1cccc(-c2nn(-c3ccccc3)cc2/C=C(/C#N)C(=O)N2CCOCC2)c1. The van der Waals surface area contributed by atoms with E-state index in [4.69, 9.17) is 4.74 Å². The second kappa shape index (κ2) is 10.2. The maximum absolute atomic E-state index is 13.0. The molecule has 0 bridgehead atoms. The molecule has 0 atom stereocenters. The maximum Gasteiger partial charge on any atom is 0.264 e. The van der Waals surface area contributed by atoms with Crippen LogP contribution in [0.3, 0.4) is 0 Å². The highest BCUT2D eigenvalue weighted by molar-refractivity contribution is 7.89. The van der Waals surface area contributed by atoms with Gasteiger partial charge in [0.1, 0.15) is 17.3 Å². The third kappa shape index (κ3) is 5.17. The maximum atomic E-state index is 13.0. The van der Waals surface area contributed by atoms with Crippen LogP contribution in [0, 0.1) is 11.3 Å². The van der Waals surface area contributed by atoms with E-state index in [1.165, 1.54) is 26.2 Å². The van der Waals surface area contributed by atoms with E-state index in [0.29, 0.717) is 43.1 Å². The summed E-state index contributed by atoms with van der Waals surface area (Å²) >= 11 is 0. The van der Waals surface area contributed by atoms with Crippen LogP contribution >= 0.6 is 0 Å². The summed E-state index contributed by atoms with van der Waals surface area (Å²) in [5, 5.41) is 14.5. The Labute approximate surface area is 204 Å². The largest absolute Gasteiger partial charge is 0.378 e. The molecule has 2 heterocycles. The van der Waals surface area contributed by atoms with Crippen LogP contribution in [0.25, 0.3) is 23.0 Å². The number of nitriles is 1. The van der Waals surface area contributed by atoms with E-state index < -0.39 is 10.0 Å². The Kier molecular flexibility index (Phi) is 7.12. The van der Waals surface area contributed by atoms with Gasteiger partial charge in [-0.3, -0.25) is 4.79 Å². The van der Waals surface area contributed by atoms with Crippen molar-refractivity contribution in [1.82, 2.24) is 19.0 Å². The molecule has 0 radical (unpaired) electrons. The van der Waals surface area contributed by atoms with Gasteiger partial charge in [0.2, 0.25) is 10.0 Å². The third-order valence-electron chi connectivity index (χ3n) is 5.60. The Morgan fingerprint density at radius 2 is 1.83 bits per heavy atom. The Hall–Kier alpha value is -3.78. The number of hydrogen-bond donors (Lipinski definition) is 0. The first kappa shape index (κ1) is 24.3. The monoisotopic (exact) mass is 491 g/mol. The zero-order valence-corrected chi connectivity index (χ0v) is 20.3. The van der Waals surface area contributed by atoms with Crippen molar-refractivity contribution in [2.75, 3.05) is 40.4 Å². The standard InChI is InChI=1S/C25H25N5O4S/c1-28(2)35(32,33)23-10-6-7-19(16-23)24-21(18-30(27-24)22-8-4-3-5-9-22)15-20(17-26)25(31)29-11-13-34-14-12-29/h3-10,15-16,18H,11-14H2,1-2H3/b20-15-. The van der Waals surface area contributed by atoms with Crippen LogP contribution in [-0.2, 0) is 19.6 Å². The van der Waals surface area contributed by atoms with E-state index in [0.717, 1.165) is 9.99 Å². The van der Waals surface area contributed by atoms with Crippen molar-refractivity contribution in [2.45, 2.75) is 4.90 Å². The molecule has 1 saturated heterocycles. The molecule has 0 unspecified atom stereocenters. The fraction of sp³-hybridized carbons (Fsp3) is 0.240. The number of ether oxygens (including phenoxy) is 1. The summed E-state index contributed by atoms with van der Waals surface area (Å²) in [6.07, 6.45) is 3.23. The average molecular weight is 492 g/mol. The van der Waals surface area contributed by atoms with Gasteiger partial charge in [0, 0.05) is 44.5 Å². The van der Waals surface area contributed by atoms with Crippen molar-refractivity contribution >= 4 is 22.0 Å². The topological polar surface area (TPSA) is 109 Å². The molecule has 1 amide bonds. The summed E-state index contributed by atoms with van der Waals surface area (Å²) in [6, 6.07) is 17.9. The normalized spacial score (nSPS) is 14.7. The number of rotatable bonds is 6. The van der Waals surface area contributed by atoms with Gasteiger partial charge >= 0.3 is 0 Å². The molecular weight excluding hydrogens is 466 g/mol. The highest BCUT2D eigenvalue weighted by Gasteiger charge is 2.23. The van der Waals surface area contributed by atoms with Crippen molar-refractivity contribution < 1.29 is 17.9 Å². The van der Waals surface area contributed by atoms with Crippen molar-refractivity contribution in [3.05, 3.63) is 71.9 Å². The molecule has 35 heavy (non-hydrogen) atoms. The van der Waals surface area contributed by atoms with Gasteiger partial charge in [-0.1, -0.05) is 30.3 Å². The van der Waals surface area contributed by atoms with Crippen molar-refractivity contribution in [3.8, 4) is 23.0 Å². The fourth-order valence-electron chi connectivity index (χ4n) is 3.68. The Bertz CT molecular complexity index is 1400. The zero-order chi connectivity index (χ0) is 25.0. The molecule has 10 heteroatoms. The number of aromatic nitrogens is 2. The molecule has 2 aromatic carbocycles. The van der Waals surface area contributed by atoms with Gasteiger partial charge in [-0.15, -0.1) is 0 Å². The molecule has 0 saturated carbocycles. The first-order valence-corrected chi connectivity index (χ1v) is 12.4. The van der Waals surface area contributed by atoms with E-state index in [-0.39, 0.29) is 16.4 Å². The van der Waals surface area contributed by atoms with Crippen molar-refractivity contribution in [1.29, 1.82) is 5.26 Å². The summed E-state index contributed by atoms with van der Waals surface area (Å²) in [7, 11) is -0.725. The minimum atomic E-state index is -3.66. The van der Waals surface area contributed by atoms with Gasteiger partial charge in [-0.25, -0.2) is 17.4 Å². The lowest BCUT2D eigenvalue weighted by Gasteiger charge is -2.26. The van der Waals surface area contributed by atoms with Gasteiger partial charge in [0.05, 0.1) is 23.8 Å². The van der Waals surface area contributed by atoms with Gasteiger partial charge in [-0.2, -0.15) is 10.4 Å². The minimum absolute atomic E-state index is 0.0298. The number of morpholine rings is 1. The lowest BCUT2D eigenvalue weighted by Crippen LogP contribution is -2.41.